The Kier molecular flexibility index (Phi) is 6.31. The van der Waals surface area contributed by atoms with Crippen molar-refractivity contribution in [2.75, 3.05) is 13.1 Å². The molecule has 1 rings (SSSR count). The molecular weight excluding hydrogens is 165 g/mol. The molecule has 0 aromatic rings. The first-order valence-corrected chi connectivity index (χ1v) is 5.47. The third-order valence-corrected chi connectivity index (χ3v) is 2.37. The van der Waals surface area contributed by atoms with Crippen molar-refractivity contribution in [3.63, 3.8) is 0 Å². The van der Waals surface area contributed by atoms with Crippen molar-refractivity contribution in [3.8, 4) is 0 Å². The van der Waals surface area contributed by atoms with Crippen LogP contribution in [0.3, 0.4) is 0 Å². The van der Waals surface area contributed by atoms with Gasteiger partial charge in [0, 0.05) is 19.1 Å². The number of hydrogen-bond donors (Lipinski definition) is 0. The number of halogens is 1. The number of nitrogens with zero attached hydrogens (tertiary/aromatic N) is 1. The molecule has 1 aliphatic heterocycles. The summed E-state index contributed by atoms with van der Waals surface area (Å²) in [5, 5.41) is 0. The van der Waals surface area contributed by atoms with Gasteiger partial charge in [-0.3, -0.25) is 4.90 Å². The summed E-state index contributed by atoms with van der Waals surface area (Å²) in [5.41, 5.74) is 0. The quantitative estimate of drug-likeness (QED) is 0.612. The van der Waals surface area contributed by atoms with Gasteiger partial charge in [-0.05, 0) is 26.2 Å². The number of hydrogen-bond acceptors (Lipinski definition) is 1. The zero-order valence-corrected chi connectivity index (χ0v) is 9.68. The van der Waals surface area contributed by atoms with Crippen molar-refractivity contribution in [1.29, 1.82) is 0 Å². The highest BCUT2D eigenvalue weighted by Crippen LogP contribution is 2.19. The molecule has 0 bridgehead atoms. The van der Waals surface area contributed by atoms with Gasteiger partial charge in [0.2, 0.25) is 0 Å². The maximum Gasteiger partial charge on any atom is 0.113 e. The SMILES string of the molecule is CC.CC1CC(F)CN(C(C)C)C1. The molecule has 2 unspecified atom stereocenters. The number of rotatable bonds is 1. The molecule has 80 valence electrons. The molecule has 1 saturated heterocycles. The van der Waals surface area contributed by atoms with Gasteiger partial charge >= 0.3 is 0 Å². The Morgan fingerprint density at radius 2 is 1.77 bits per heavy atom. The maximum absolute atomic E-state index is 13.0. The van der Waals surface area contributed by atoms with E-state index in [0.29, 0.717) is 18.5 Å². The van der Waals surface area contributed by atoms with E-state index in [1.165, 1.54) is 0 Å². The average Bonchev–Trinajstić information content (AvgIpc) is 2.06. The van der Waals surface area contributed by atoms with Gasteiger partial charge in [-0.2, -0.15) is 0 Å². The molecule has 1 aliphatic rings. The van der Waals surface area contributed by atoms with E-state index in [1.54, 1.807) is 0 Å². The van der Waals surface area contributed by atoms with E-state index < -0.39 is 6.17 Å². The van der Waals surface area contributed by atoms with E-state index in [1.807, 2.05) is 13.8 Å². The zero-order valence-electron chi connectivity index (χ0n) is 9.68. The van der Waals surface area contributed by atoms with Crippen LogP contribution in [0.4, 0.5) is 4.39 Å². The van der Waals surface area contributed by atoms with E-state index in [4.69, 9.17) is 0 Å². The second kappa shape index (κ2) is 6.36. The topological polar surface area (TPSA) is 3.24 Å². The van der Waals surface area contributed by atoms with Crippen LogP contribution in [0.25, 0.3) is 0 Å². The van der Waals surface area contributed by atoms with Crippen LogP contribution in [-0.2, 0) is 0 Å². The first-order valence-electron chi connectivity index (χ1n) is 5.47. The fraction of sp³-hybridized carbons (Fsp3) is 1.00. The summed E-state index contributed by atoms with van der Waals surface area (Å²) >= 11 is 0. The van der Waals surface area contributed by atoms with Crippen molar-refractivity contribution in [1.82, 2.24) is 4.90 Å². The van der Waals surface area contributed by atoms with Gasteiger partial charge in [0.15, 0.2) is 0 Å². The van der Waals surface area contributed by atoms with Crippen LogP contribution in [0, 0.1) is 5.92 Å². The van der Waals surface area contributed by atoms with Crippen LogP contribution >= 0.6 is 0 Å². The van der Waals surface area contributed by atoms with Gasteiger partial charge in [-0.15, -0.1) is 0 Å². The molecular formula is C11H24FN. The molecule has 0 N–H and O–H groups in total. The minimum absolute atomic E-state index is 0.496. The van der Waals surface area contributed by atoms with Crippen molar-refractivity contribution in [3.05, 3.63) is 0 Å². The molecule has 0 saturated carbocycles. The molecule has 0 aliphatic carbocycles. The van der Waals surface area contributed by atoms with Crippen LogP contribution < -0.4 is 0 Å². The summed E-state index contributed by atoms with van der Waals surface area (Å²) in [6.45, 7) is 12.1. The Morgan fingerprint density at radius 3 is 2.15 bits per heavy atom. The summed E-state index contributed by atoms with van der Waals surface area (Å²) in [5.74, 6) is 0.529. The zero-order chi connectivity index (χ0) is 10.4. The van der Waals surface area contributed by atoms with Crippen molar-refractivity contribution in [2.24, 2.45) is 5.92 Å². The van der Waals surface area contributed by atoms with Crippen LogP contribution in [0.1, 0.15) is 41.0 Å². The minimum Gasteiger partial charge on any atom is -0.298 e. The molecule has 0 spiro atoms. The van der Waals surface area contributed by atoms with E-state index in [0.717, 1.165) is 13.0 Å². The van der Waals surface area contributed by atoms with Gasteiger partial charge < -0.3 is 0 Å². The predicted octanol–water partition coefficient (Wildman–Crippen LogP) is 3.10. The van der Waals surface area contributed by atoms with Crippen LogP contribution in [0.15, 0.2) is 0 Å². The van der Waals surface area contributed by atoms with Crippen molar-refractivity contribution in [2.45, 2.75) is 53.3 Å². The van der Waals surface area contributed by atoms with Crippen molar-refractivity contribution < 1.29 is 4.39 Å². The Morgan fingerprint density at radius 1 is 1.23 bits per heavy atom. The average molecular weight is 189 g/mol. The summed E-state index contributed by atoms with van der Waals surface area (Å²) in [6.07, 6.45) is 0.157. The third-order valence-electron chi connectivity index (χ3n) is 2.37. The van der Waals surface area contributed by atoms with E-state index in [2.05, 4.69) is 25.7 Å². The number of alkyl halides is 1. The lowest BCUT2D eigenvalue weighted by Gasteiger charge is -2.35. The van der Waals surface area contributed by atoms with E-state index >= 15 is 0 Å². The lowest BCUT2D eigenvalue weighted by molar-refractivity contribution is 0.0798. The van der Waals surface area contributed by atoms with Crippen LogP contribution in [0.5, 0.6) is 0 Å². The molecule has 1 heterocycles. The molecule has 13 heavy (non-hydrogen) atoms. The normalized spacial score (nSPS) is 29.8. The van der Waals surface area contributed by atoms with Gasteiger partial charge in [-0.1, -0.05) is 20.8 Å². The Bertz CT molecular complexity index is 115. The smallest absolute Gasteiger partial charge is 0.113 e. The molecule has 0 aromatic heterocycles. The standard InChI is InChI=1S/C9H18FN.C2H6/c1-7(2)11-5-8(3)4-9(10)6-11;1-2/h7-9H,4-6H2,1-3H3;1-2H3. The van der Waals surface area contributed by atoms with Crippen LogP contribution in [0.2, 0.25) is 0 Å². The Balaban J connectivity index is 0.000000671. The lowest BCUT2D eigenvalue weighted by atomic mass is 9.98. The van der Waals surface area contributed by atoms with E-state index in [-0.39, 0.29) is 0 Å². The van der Waals surface area contributed by atoms with Crippen molar-refractivity contribution >= 4 is 0 Å². The van der Waals surface area contributed by atoms with Gasteiger partial charge in [-0.25, -0.2) is 4.39 Å². The minimum atomic E-state index is -0.596. The fourth-order valence-corrected chi connectivity index (χ4v) is 1.74. The van der Waals surface area contributed by atoms with Gasteiger partial charge in [0.25, 0.3) is 0 Å². The third kappa shape index (κ3) is 4.61. The molecule has 2 atom stereocenters. The largest absolute Gasteiger partial charge is 0.298 e. The highest BCUT2D eigenvalue weighted by molar-refractivity contribution is 4.78. The summed E-state index contributed by atoms with van der Waals surface area (Å²) in [6, 6.07) is 0.496. The second-order valence-electron chi connectivity index (χ2n) is 3.99. The van der Waals surface area contributed by atoms with E-state index in [9.17, 15) is 4.39 Å². The van der Waals surface area contributed by atoms with Gasteiger partial charge in [0.1, 0.15) is 6.17 Å². The highest BCUT2D eigenvalue weighted by atomic mass is 19.1. The monoisotopic (exact) mass is 189 g/mol. The fourth-order valence-electron chi connectivity index (χ4n) is 1.74. The summed E-state index contributed by atoms with van der Waals surface area (Å²) in [4.78, 5) is 2.22. The molecule has 0 amide bonds. The molecule has 0 aromatic carbocycles. The first kappa shape index (κ1) is 12.9. The van der Waals surface area contributed by atoms with Gasteiger partial charge in [0.05, 0.1) is 0 Å². The Hall–Kier alpha value is -0.110. The summed E-state index contributed by atoms with van der Waals surface area (Å²) in [7, 11) is 0. The van der Waals surface area contributed by atoms with Crippen LogP contribution in [-0.4, -0.2) is 30.2 Å². The predicted molar refractivity (Wildman–Crippen MR) is 56.7 cm³/mol. The number of piperidine rings is 1. The number of likely N-dealkylation sites (tertiary alicyclic amines) is 1. The molecule has 1 fully saturated rings. The molecule has 2 heteroatoms. The lowest BCUT2D eigenvalue weighted by Crippen LogP contribution is -2.44. The maximum atomic E-state index is 13.0. The first-order chi connectivity index (χ1) is 6.09. The Labute approximate surface area is 82.3 Å². The summed E-state index contributed by atoms with van der Waals surface area (Å²) < 4.78 is 13.0. The second-order valence-corrected chi connectivity index (χ2v) is 3.99. The molecule has 1 nitrogen and oxygen atoms in total. The molecule has 0 radical (unpaired) electrons. The highest BCUT2D eigenvalue weighted by Gasteiger charge is 2.25.